The number of hydrogen-bond donors (Lipinski definition) is 2. The number of carbonyl (C=O) groups excluding carboxylic acids is 1. The molecule has 1 atom stereocenters. The van der Waals surface area contributed by atoms with Crippen molar-refractivity contribution in [2.75, 3.05) is 19.6 Å². The molecule has 7 heteroatoms. The van der Waals surface area contributed by atoms with Gasteiger partial charge < -0.3 is 14.8 Å². The van der Waals surface area contributed by atoms with E-state index in [4.69, 9.17) is 0 Å². The highest BCUT2D eigenvalue weighted by Crippen LogP contribution is 2.24. The van der Waals surface area contributed by atoms with E-state index >= 15 is 0 Å². The first kappa shape index (κ1) is 15.6. The van der Waals surface area contributed by atoms with Crippen molar-refractivity contribution in [1.29, 1.82) is 0 Å². The van der Waals surface area contributed by atoms with E-state index in [2.05, 4.69) is 20.5 Å². The highest BCUT2D eigenvalue weighted by Gasteiger charge is 2.31. The smallest absolute Gasteiger partial charge is 0.272 e. The van der Waals surface area contributed by atoms with Crippen molar-refractivity contribution in [1.82, 2.24) is 30.0 Å². The summed E-state index contributed by atoms with van der Waals surface area (Å²) in [5.74, 6) is 0.826. The Morgan fingerprint density at radius 3 is 2.88 bits per heavy atom. The van der Waals surface area contributed by atoms with Crippen LogP contribution < -0.4 is 5.32 Å². The molecule has 0 radical (unpaired) electrons. The predicted molar refractivity (Wildman–Crippen MR) is 93.9 cm³/mol. The van der Waals surface area contributed by atoms with Crippen LogP contribution in [0.1, 0.15) is 22.4 Å². The van der Waals surface area contributed by atoms with Crippen LogP contribution in [-0.2, 0) is 7.05 Å². The lowest BCUT2D eigenvalue weighted by atomic mass is 10.1. The summed E-state index contributed by atoms with van der Waals surface area (Å²) in [6.45, 7) is 2.10. The van der Waals surface area contributed by atoms with Crippen LogP contribution in [0.3, 0.4) is 0 Å². The molecule has 1 saturated heterocycles. The van der Waals surface area contributed by atoms with Crippen molar-refractivity contribution in [2.24, 2.45) is 7.05 Å². The third kappa shape index (κ3) is 2.94. The Hall–Kier alpha value is -2.93. The van der Waals surface area contributed by atoms with Gasteiger partial charge in [0.05, 0.1) is 5.69 Å². The van der Waals surface area contributed by atoms with Crippen LogP contribution in [0.5, 0.6) is 0 Å². The summed E-state index contributed by atoms with van der Waals surface area (Å²) in [5.41, 5.74) is 2.26. The van der Waals surface area contributed by atoms with Gasteiger partial charge in [0.25, 0.3) is 5.91 Å². The Labute approximate surface area is 145 Å². The van der Waals surface area contributed by atoms with E-state index in [1.165, 1.54) is 0 Å². The second-order valence-electron chi connectivity index (χ2n) is 6.15. The van der Waals surface area contributed by atoms with Crippen LogP contribution in [0, 0.1) is 0 Å². The molecule has 4 rings (SSSR count). The maximum atomic E-state index is 13.1. The Kier molecular flexibility index (Phi) is 4.07. The number of hydrogen-bond acceptors (Lipinski definition) is 4. The van der Waals surface area contributed by atoms with E-state index in [0.29, 0.717) is 18.8 Å². The average molecular weight is 336 g/mol. The fourth-order valence-corrected chi connectivity index (χ4v) is 3.22. The molecule has 7 nitrogen and oxygen atoms in total. The molecule has 3 aromatic rings. The molecule has 3 heterocycles. The summed E-state index contributed by atoms with van der Waals surface area (Å²) in [7, 11) is 1.95. The third-order valence-corrected chi connectivity index (χ3v) is 4.54. The summed E-state index contributed by atoms with van der Waals surface area (Å²) in [6.07, 6.45) is 3.66. The molecular weight excluding hydrogens is 316 g/mol. The van der Waals surface area contributed by atoms with E-state index < -0.39 is 0 Å². The minimum atomic E-state index is -0.0928. The molecule has 0 spiro atoms. The standard InChI is InChI=1S/C18H20N6O/c1-23-9-8-20-17(23)16-12-19-7-10-24(16)18(25)15-11-14(21-22-15)13-5-3-2-4-6-13/h2-6,8-9,11,16,19H,7,10,12H2,1H3,(H,21,22). The molecule has 0 aliphatic carbocycles. The van der Waals surface area contributed by atoms with Crippen LogP contribution in [0.4, 0.5) is 0 Å². The van der Waals surface area contributed by atoms with Crippen LogP contribution in [-0.4, -0.2) is 50.2 Å². The SMILES string of the molecule is Cn1ccnc1C1CNCCN1C(=O)c1cc(-c2ccccc2)n[nH]1. The van der Waals surface area contributed by atoms with Crippen LogP contribution in [0.2, 0.25) is 0 Å². The number of aromatic nitrogens is 4. The highest BCUT2D eigenvalue weighted by molar-refractivity contribution is 5.93. The zero-order valence-corrected chi connectivity index (χ0v) is 14.0. The average Bonchev–Trinajstić information content (AvgIpc) is 3.31. The number of imidazole rings is 1. The van der Waals surface area contributed by atoms with Gasteiger partial charge in [-0.05, 0) is 6.07 Å². The molecule has 1 aliphatic heterocycles. The summed E-state index contributed by atoms with van der Waals surface area (Å²) in [4.78, 5) is 19.3. The molecule has 2 aromatic heterocycles. The van der Waals surface area contributed by atoms with Crippen molar-refractivity contribution in [3.63, 3.8) is 0 Å². The first-order valence-corrected chi connectivity index (χ1v) is 8.34. The number of aryl methyl sites for hydroxylation is 1. The van der Waals surface area contributed by atoms with Crippen molar-refractivity contribution in [3.8, 4) is 11.3 Å². The summed E-state index contributed by atoms with van der Waals surface area (Å²) >= 11 is 0. The monoisotopic (exact) mass is 336 g/mol. The number of piperazine rings is 1. The van der Waals surface area contributed by atoms with Gasteiger partial charge in [0.1, 0.15) is 17.6 Å². The van der Waals surface area contributed by atoms with Gasteiger partial charge in [0.2, 0.25) is 0 Å². The number of aromatic amines is 1. The van der Waals surface area contributed by atoms with Crippen molar-refractivity contribution >= 4 is 5.91 Å². The van der Waals surface area contributed by atoms with Gasteiger partial charge in [-0.15, -0.1) is 0 Å². The maximum Gasteiger partial charge on any atom is 0.272 e. The second kappa shape index (κ2) is 6.52. The Balaban J connectivity index is 1.61. The minimum Gasteiger partial charge on any atom is -0.336 e. The van der Waals surface area contributed by atoms with Gasteiger partial charge in [-0.2, -0.15) is 5.10 Å². The number of nitrogens with zero attached hydrogens (tertiary/aromatic N) is 4. The highest BCUT2D eigenvalue weighted by atomic mass is 16.2. The largest absolute Gasteiger partial charge is 0.336 e. The van der Waals surface area contributed by atoms with Gasteiger partial charge in [-0.3, -0.25) is 9.89 Å². The van der Waals surface area contributed by atoms with Gasteiger partial charge in [0.15, 0.2) is 0 Å². The van der Waals surface area contributed by atoms with E-state index in [1.54, 1.807) is 6.20 Å². The molecule has 0 saturated carbocycles. The fraction of sp³-hybridized carbons (Fsp3) is 0.278. The number of carbonyl (C=O) groups is 1. The Morgan fingerprint density at radius 2 is 2.12 bits per heavy atom. The maximum absolute atomic E-state index is 13.1. The van der Waals surface area contributed by atoms with Gasteiger partial charge >= 0.3 is 0 Å². The van der Waals surface area contributed by atoms with Crippen LogP contribution in [0.25, 0.3) is 11.3 Å². The number of amides is 1. The van der Waals surface area contributed by atoms with Crippen molar-refractivity contribution in [2.45, 2.75) is 6.04 Å². The third-order valence-electron chi connectivity index (χ3n) is 4.54. The minimum absolute atomic E-state index is 0.0517. The molecule has 1 unspecified atom stereocenters. The summed E-state index contributed by atoms with van der Waals surface area (Å²) in [5, 5.41) is 10.5. The van der Waals surface area contributed by atoms with E-state index in [1.807, 2.05) is 59.1 Å². The topological polar surface area (TPSA) is 78.8 Å². The molecule has 25 heavy (non-hydrogen) atoms. The number of benzene rings is 1. The lowest BCUT2D eigenvalue weighted by Crippen LogP contribution is -2.49. The van der Waals surface area contributed by atoms with E-state index in [0.717, 1.165) is 23.6 Å². The molecule has 1 aromatic carbocycles. The lowest BCUT2D eigenvalue weighted by molar-refractivity contribution is 0.0614. The van der Waals surface area contributed by atoms with Crippen LogP contribution in [0.15, 0.2) is 48.8 Å². The Bertz CT molecular complexity index is 869. The number of H-pyrrole nitrogens is 1. The van der Waals surface area contributed by atoms with Gasteiger partial charge in [-0.1, -0.05) is 30.3 Å². The molecule has 2 N–H and O–H groups in total. The second-order valence-corrected chi connectivity index (χ2v) is 6.15. The quantitative estimate of drug-likeness (QED) is 0.761. The zero-order valence-electron chi connectivity index (χ0n) is 14.0. The van der Waals surface area contributed by atoms with Crippen LogP contribution >= 0.6 is 0 Å². The van der Waals surface area contributed by atoms with Crippen molar-refractivity contribution in [3.05, 3.63) is 60.3 Å². The molecule has 0 bridgehead atoms. The summed E-state index contributed by atoms with van der Waals surface area (Å²) in [6, 6.07) is 11.6. The molecule has 1 amide bonds. The summed E-state index contributed by atoms with van der Waals surface area (Å²) < 4.78 is 1.96. The molecule has 1 fully saturated rings. The molecule has 1 aliphatic rings. The fourth-order valence-electron chi connectivity index (χ4n) is 3.22. The normalized spacial score (nSPS) is 17.6. The number of rotatable bonds is 3. The molecular formula is C18H20N6O. The van der Waals surface area contributed by atoms with Gasteiger partial charge in [-0.25, -0.2) is 4.98 Å². The van der Waals surface area contributed by atoms with E-state index in [-0.39, 0.29) is 11.9 Å². The number of nitrogens with one attached hydrogen (secondary N) is 2. The lowest BCUT2D eigenvalue weighted by Gasteiger charge is -2.35. The van der Waals surface area contributed by atoms with Gasteiger partial charge in [0, 0.05) is 44.6 Å². The van der Waals surface area contributed by atoms with Crippen molar-refractivity contribution < 1.29 is 4.79 Å². The predicted octanol–water partition coefficient (Wildman–Crippen LogP) is 1.60. The van der Waals surface area contributed by atoms with E-state index in [9.17, 15) is 4.79 Å². The first-order valence-electron chi connectivity index (χ1n) is 8.34. The Morgan fingerprint density at radius 1 is 1.28 bits per heavy atom. The molecule has 128 valence electrons. The first-order chi connectivity index (χ1) is 12.2. The zero-order chi connectivity index (χ0) is 17.2.